The van der Waals surface area contributed by atoms with Gasteiger partial charge in [0.1, 0.15) is 0 Å². The molecule has 148 valence electrons. The molecule has 3 N–H and O–H groups in total. The Kier molecular flexibility index (Phi) is 7.64. The van der Waals surface area contributed by atoms with Gasteiger partial charge in [-0.15, -0.1) is 0 Å². The number of hydrogen-bond acceptors (Lipinski definition) is 3. The molecule has 0 radical (unpaired) electrons. The maximum absolute atomic E-state index is 12.1. The number of likely N-dealkylation sites (tertiary alicyclic amines) is 1. The molecule has 27 heavy (non-hydrogen) atoms. The number of benzene rings is 1. The van der Waals surface area contributed by atoms with E-state index in [0.717, 1.165) is 18.5 Å². The molecule has 0 spiro atoms. The second kappa shape index (κ2) is 9.94. The van der Waals surface area contributed by atoms with Crippen LogP contribution in [0.4, 0.5) is 0 Å². The summed E-state index contributed by atoms with van der Waals surface area (Å²) in [6.07, 6.45) is 0.917. The van der Waals surface area contributed by atoms with Crippen LogP contribution in [-0.4, -0.2) is 55.4 Å². The van der Waals surface area contributed by atoms with Gasteiger partial charge < -0.3 is 20.9 Å². The fraction of sp³-hybridized carbons (Fsp3) is 0.550. The summed E-state index contributed by atoms with van der Waals surface area (Å²) in [5, 5.41) is 9.46. The third kappa shape index (κ3) is 5.98. The Bertz CT molecular complexity index is 669. The van der Waals surface area contributed by atoms with Crippen LogP contribution in [0.3, 0.4) is 0 Å². The molecule has 0 saturated carbocycles. The molecule has 1 fully saturated rings. The Balaban J connectivity index is 1.82. The molecule has 0 bridgehead atoms. The first-order valence-electron chi connectivity index (χ1n) is 9.57. The maximum atomic E-state index is 12.1. The highest BCUT2D eigenvalue weighted by Crippen LogP contribution is 2.12. The molecule has 0 aromatic heterocycles. The molecule has 7 nitrogen and oxygen atoms in total. The zero-order chi connectivity index (χ0) is 19.8. The first-order valence-corrected chi connectivity index (χ1v) is 9.57. The van der Waals surface area contributed by atoms with Crippen molar-refractivity contribution < 1.29 is 9.59 Å². The Morgan fingerprint density at radius 2 is 1.93 bits per heavy atom. The summed E-state index contributed by atoms with van der Waals surface area (Å²) in [5.41, 5.74) is 1.72. The van der Waals surface area contributed by atoms with Crippen LogP contribution in [0.1, 0.15) is 43.1 Å². The van der Waals surface area contributed by atoms with Gasteiger partial charge in [-0.25, -0.2) is 0 Å². The average Bonchev–Trinajstić information content (AvgIpc) is 3.13. The molecule has 1 aliphatic rings. The summed E-state index contributed by atoms with van der Waals surface area (Å²) >= 11 is 0. The van der Waals surface area contributed by atoms with Gasteiger partial charge in [-0.05, 0) is 31.0 Å². The predicted molar refractivity (Wildman–Crippen MR) is 108 cm³/mol. The van der Waals surface area contributed by atoms with Crippen molar-refractivity contribution in [2.75, 3.05) is 26.7 Å². The fourth-order valence-corrected chi connectivity index (χ4v) is 3.05. The SMILES string of the molecule is CCNC(=O)c1ccc(CNC(=NC)NC2CCN(C(=O)C(C)C)C2)cc1. The second-order valence-corrected chi connectivity index (χ2v) is 7.05. The summed E-state index contributed by atoms with van der Waals surface area (Å²) in [5.74, 6) is 0.890. The number of guanidine groups is 1. The lowest BCUT2D eigenvalue weighted by Crippen LogP contribution is -2.45. The van der Waals surface area contributed by atoms with Crippen LogP contribution in [0.5, 0.6) is 0 Å². The van der Waals surface area contributed by atoms with Crippen LogP contribution in [0.25, 0.3) is 0 Å². The van der Waals surface area contributed by atoms with Crippen molar-refractivity contribution >= 4 is 17.8 Å². The smallest absolute Gasteiger partial charge is 0.251 e. The van der Waals surface area contributed by atoms with E-state index in [-0.39, 0.29) is 23.8 Å². The molecule has 0 aliphatic carbocycles. The van der Waals surface area contributed by atoms with E-state index in [1.165, 1.54) is 0 Å². The number of nitrogens with zero attached hydrogens (tertiary/aromatic N) is 2. The van der Waals surface area contributed by atoms with E-state index in [1.54, 1.807) is 7.05 Å². The third-order valence-corrected chi connectivity index (χ3v) is 4.57. The predicted octanol–water partition coefficient (Wildman–Crippen LogP) is 1.36. The van der Waals surface area contributed by atoms with E-state index in [4.69, 9.17) is 0 Å². The Morgan fingerprint density at radius 3 is 2.52 bits per heavy atom. The summed E-state index contributed by atoms with van der Waals surface area (Å²) < 4.78 is 0. The zero-order valence-corrected chi connectivity index (χ0v) is 16.7. The molecule has 1 heterocycles. The van der Waals surface area contributed by atoms with Gasteiger partial charge in [0.25, 0.3) is 5.91 Å². The molecule has 7 heteroatoms. The molecule has 1 aromatic carbocycles. The minimum absolute atomic E-state index is 0.0311. The number of carbonyl (C=O) groups excluding carboxylic acids is 2. The largest absolute Gasteiger partial charge is 0.352 e. The Labute approximate surface area is 161 Å². The van der Waals surface area contributed by atoms with Crippen LogP contribution in [0.2, 0.25) is 0 Å². The normalized spacial score (nSPS) is 17.1. The third-order valence-electron chi connectivity index (χ3n) is 4.57. The first kappa shape index (κ1) is 20.7. The zero-order valence-electron chi connectivity index (χ0n) is 16.7. The van der Waals surface area contributed by atoms with Crippen molar-refractivity contribution in [3.63, 3.8) is 0 Å². The van der Waals surface area contributed by atoms with Gasteiger partial charge >= 0.3 is 0 Å². The Morgan fingerprint density at radius 1 is 1.22 bits per heavy atom. The van der Waals surface area contributed by atoms with E-state index in [1.807, 2.05) is 49.9 Å². The monoisotopic (exact) mass is 373 g/mol. The van der Waals surface area contributed by atoms with E-state index >= 15 is 0 Å². The van der Waals surface area contributed by atoms with Gasteiger partial charge in [0.15, 0.2) is 5.96 Å². The van der Waals surface area contributed by atoms with Crippen LogP contribution in [0.15, 0.2) is 29.3 Å². The minimum Gasteiger partial charge on any atom is -0.352 e. The first-order chi connectivity index (χ1) is 12.9. The van der Waals surface area contributed by atoms with Gasteiger partial charge in [-0.3, -0.25) is 14.6 Å². The van der Waals surface area contributed by atoms with Gasteiger partial charge in [-0.1, -0.05) is 26.0 Å². The Hall–Kier alpha value is -2.57. The highest BCUT2D eigenvalue weighted by atomic mass is 16.2. The molecule has 2 rings (SSSR count). The van der Waals surface area contributed by atoms with Gasteiger partial charge in [-0.2, -0.15) is 0 Å². The van der Waals surface area contributed by atoms with Crippen molar-refractivity contribution in [2.24, 2.45) is 10.9 Å². The quantitative estimate of drug-likeness (QED) is 0.519. The summed E-state index contributed by atoms with van der Waals surface area (Å²) in [6, 6.07) is 7.72. The summed E-state index contributed by atoms with van der Waals surface area (Å²) in [6.45, 7) is 8.48. The molecular formula is C20H31N5O2. The van der Waals surface area contributed by atoms with Crippen LogP contribution in [-0.2, 0) is 11.3 Å². The lowest BCUT2D eigenvalue weighted by atomic mass is 10.1. The number of hydrogen-bond donors (Lipinski definition) is 3. The topological polar surface area (TPSA) is 85.8 Å². The molecule has 1 saturated heterocycles. The van der Waals surface area contributed by atoms with Crippen molar-refractivity contribution in [3.05, 3.63) is 35.4 Å². The molecule has 2 amide bonds. The van der Waals surface area contributed by atoms with E-state index in [9.17, 15) is 9.59 Å². The van der Waals surface area contributed by atoms with E-state index in [0.29, 0.717) is 31.2 Å². The molecule has 1 unspecified atom stereocenters. The standard InChI is InChI=1S/C20H31N5O2/c1-5-22-18(26)16-8-6-15(7-9-16)12-23-20(21-4)24-17-10-11-25(13-17)19(27)14(2)3/h6-9,14,17H,5,10-13H2,1-4H3,(H,22,26)(H2,21,23,24). The number of carbonyl (C=O) groups is 2. The van der Waals surface area contributed by atoms with Gasteiger partial charge in [0.05, 0.1) is 0 Å². The van der Waals surface area contributed by atoms with E-state index < -0.39 is 0 Å². The van der Waals surface area contributed by atoms with Crippen molar-refractivity contribution in [3.8, 4) is 0 Å². The summed E-state index contributed by atoms with van der Waals surface area (Å²) in [4.78, 5) is 30.1. The van der Waals surface area contributed by atoms with Crippen molar-refractivity contribution in [1.82, 2.24) is 20.9 Å². The van der Waals surface area contributed by atoms with Crippen LogP contribution in [0, 0.1) is 5.92 Å². The highest BCUT2D eigenvalue weighted by Gasteiger charge is 2.27. The lowest BCUT2D eigenvalue weighted by Gasteiger charge is -2.20. The van der Waals surface area contributed by atoms with E-state index in [2.05, 4.69) is 20.9 Å². The molecular weight excluding hydrogens is 342 g/mol. The maximum Gasteiger partial charge on any atom is 0.251 e. The minimum atomic E-state index is -0.0591. The lowest BCUT2D eigenvalue weighted by molar-refractivity contribution is -0.133. The van der Waals surface area contributed by atoms with Gasteiger partial charge in [0.2, 0.25) is 5.91 Å². The van der Waals surface area contributed by atoms with Crippen molar-refractivity contribution in [1.29, 1.82) is 0 Å². The number of aliphatic imine (C=N–C) groups is 1. The van der Waals surface area contributed by atoms with Gasteiger partial charge in [0, 0.05) is 50.7 Å². The molecule has 1 aromatic rings. The van der Waals surface area contributed by atoms with Crippen molar-refractivity contribution in [2.45, 2.75) is 39.8 Å². The van der Waals surface area contributed by atoms with Crippen LogP contribution >= 0.6 is 0 Å². The number of amides is 2. The summed E-state index contributed by atoms with van der Waals surface area (Å²) in [7, 11) is 1.74. The fourth-order valence-electron chi connectivity index (χ4n) is 3.05. The number of nitrogens with one attached hydrogen (secondary N) is 3. The number of rotatable bonds is 6. The molecule has 1 aliphatic heterocycles. The molecule has 1 atom stereocenters. The van der Waals surface area contributed by atoms with Crippen LogP contribution < -0.4 is 16.0 Å². The highest BCUT2D eigenvalue weighted by molar-refractivity contribution is 5.94. The second-order valence-electron chi connectivity index (χ2n) is 7.05. The average molecular weight is 374 g/mol.